The van der Waals surface area contributed by atoms with E-state index in [-0.39, 0.29) is 30.6 Å². The molecule has 5 N–H and O–H groups in total. The standard InChI is InChI=1S/C17H22Cl2N3O11P/c18-16(19)17(26)21-12(15(25)10-1-3-11(4-2-10)22(27)28)9-32-14(24)6-5-13(23)20-7-8-33-34(29,30)31/h1-4,12,15-16,25H,5-9H2,(H,20,23)(H,21,26)(H2,29,30,31)/t12-,15-/m1/s1. The number of hydrogen-bond acceptors (Lipinski definition) is 9. The molecule has 0 fully saturated rings. The molecule has 0 aliphatic carbocycles. The molecule has 0 aliphatic heterocycles. The maximum Gasteiger partial charge on any atom is 0.469 e. The monoisotopic (exact) mass is 545 g/mol. The average molecular weight is 546 g/mol. The zero-order chi connectivity index (χ0) is 25.9. The Hall–Kier alpha value is -2.32. The molecular weight excluding hydrogens is 524 g/mol. The lowest BCUT2D eigenvalue weighted by atomic mass is 10.0. The number of rotatable bonds is 14. The van der Waals surface area contributed by atoms with E-state index in [9.17, 15) is 34.2 Å². The number of nitro groups is 1. The van der Waals surface area contributed by atoms with Gasteiger partial charge in [0.05, 0.1) is 24.0 Å². The highest BCUT2D eigenvalue weighted by atomic mass is 35.5. The molecule has 2 atom stereocenters. The summed E-state index contributed by atoms with van der Waals surface area (Å²) in [6, 6.07) is 3.56. The van der Waals surface area contributed by atoms with Crippen LogP contribution in [0.5, 0.6) is 0 Å². The first-order chi connectivity index (χ1) is 15.8. The zero-order valence-corrected chi connectivity index (χ0v) is 19.7. The minimum Gasteiger partial charge on any atom is -0.463 e. The lowest BCUT2D eigenvalue weighted by Gasteiger charge is -2.24. The van der Waals surface area contributed by atoms with Crippen molar-refractivity contribution in [2.24, 2.45) is 0 Å². The van der Waals surface area contributed by atoms with Crippen molar-refractivity contribution >= 4 is 54.5 Å². The third kappa shape index (κ3) is 11.7. The number of hydrogen-bond donors (Lipinski definition) is 5. The molecule has 0 aliphatic rings. The second kappa shape index (κ2) is 14.2. The number of non-ortho nitro benzene ring substituents is 1. The molecule has 1 aromatic rings. The van der Waals surface area contributed by atoms with Crippen LogP contribution in [-0.4, -0.2) is 68.2 Å². The molecule has 0 spiro atoms. The van der Waals surface area contributed by atoms with Crippen LogP contribution in [0.4, 0.5) is 5.69 Å². The van der Waals surface area contributed by atoms with E-state index in [1.165, 1.54) is 12.1 Å². The number of aliphatic hydroxyl groups excluding tert-OH is 1. The number of nitrogens with zero attached hydrogens (tertiary/aromatic N) is 1. The van der Waals surface area contributed by atoms with Crippen LogP contribution in [0, 0.1) is 10.1 Å². The van der Waals surface area contributed by atoms with Crippen LogP contribution in [0.25, 0.3) is 0 Å². The third-order valence-electron chi connectivity index (χ3n) is 4.02. The molecule has 0 radical (unpaired) electrons. The molecular formula is C17H22Cl2N3O11P. The van der Waals surface area contributed by atoms with E-state index in [4.69, 9.17) is 37.7 Å². The summed E-state index contributed by atoms with van der Waals surface area (Å²) in [6.45, 7) is -1.18. The predicted molar refractivity (Wildman–Crippen MR) is 117 cm³/mol. The van der Waals surface area contributed by atoms with Gasteiger partial charge < -0.3 is 30.3 Å². The summed E-state index contributed by atoms with van der Waals surface area (Å²) in [6.07, 6.45) is -2.16. The number of alkyl halides is 2. The van der Waals surface area contributed by atoms with Gasteiger partial charge >= 0.3 is 13.8 Å². The van der Waals surface area contributed by atoms with Crippen LogP contribution in [0.3, 0.4) is 0 Å². The van der Waals surface area contributed by atoms with Crippen molar-refractivity contribution in [3.05, 3.63) is 39.9 Å². The van der Waals surface area contributed by atoms with Crippen molar-refractivity contribution in [2.45, 2.75) is 29.8 Å². The molecule has 1 rings (SSSR count). The number of carbonyl (C=O) groups is 3. The maximum atomic E-state index is 12.0. The molecule has 0 saturated heterocycles. The maximum absolute atomic E-state index is 12.0. The van der Waals surface area contributed by atoms with Gasteiger partial charge in [-0.05, 0) is 17.7 Å². The highest BCUT2D eigenvalue weighted by molar-refractivity contribution is 7.46. The number of phosphoric acid groups is 1. The number of esters is 1. The number of aliphatic hydroxyl groups is 1. The fourth-order valence-electron chi connectivity index (χ4n) is 2.40. The van der Waals surface area contributed by atoms with Crippen molar-refractivity contribution in [2.75, 3.05) is 19.8 Å². The molecule has 0 aromatic heterocycles. The van der Waals surface area contributed by atoms with Crippen LogP contribution in [0.1, 0.15) is 24.5 Å². The lowest BCUT2D eigenvalue weighted by molar-refractivity contribution is -0.384. The number of phosphoric ester groups is 1. The number of nitrogens with one attached hydrogen (secondary N) is 2. The van der Waals surface area contributed by atoms with Gasteiger partial charge in [-0.2, -0.15) is 0 Å². The van der Waals surface area contributed by atoms with Crippen LogP contribution >= 0.6 is 31.0 Å². The molecule has 1 aromatic carbocycles. The Morgan fingerprint density at radius 3 is 2.29 bits per heavy atom. The smallest absolute Gasteiger partial charge is 0.463 e. The Balaban J connectivity index is 2.62. The first-order valence-electron chi connectivity index (χ1n) is 9.43. The highest BCUT2D eigenvalue weighted by Gasteiger charge is 2.27. The van der Waals surface area contributed by atoms with Crippen LogP contribution < -0.4 is 10.6 Å². The Morgan fingerprint density at radius 1 is 1.15 bits per heavy atom. The first-order valence-corrected chi connectivity index (χ1v) is 11.8. The van der Waals surface area contributed by atoms with Gasteiger partial charge in [-0.1, -0.05) is 23.2 Å². The van der Waals surface area contributed by atoms with Gasteiger partial charge in [0.1, 0.15) is 12.7 Å². The molecule has 0 heterocycles. The number of nitro benzene ring substituents is 1. The Kier molecular flexibility index (Phi) is 12.4. The number of halogens is 2. The molecule has 34 heavy (non-hydrogen) atoms. The second-order valence-corrected chi connectivity index (χ2v) is 8.90. The highest BCUT2D eigenvalue weighted by Crippen LogP contribution is 2.35. The van der Waals surface area contributed by atoms with Crippen LogP contribution in [0.2, 0.25) is 0 Å². The molecule has 2 amide bonds. The Morgan fingerprint density at radius 2 is 1.76 bits per heavy atom. The summed E-state index contributed by atoms with van der Waals surface area (Å²) >= 11 is 11.0. The van der Waals surface area contributed by atoms with Gasteiger partial charge in [0.15, 0.2) is 4.84 Å². The van der Waals surface area contributed by atoms with E-state index in [1.807, 2.05) is 0 Å². The minimum atomic E-state index is -4.65. The summed E-state index contributed by atoms with van der Waals surface area (Å²) in [7, 11) is -4.65. The van der Waals surface area contributed by atoms with Crippen molar-refractivity contribution in [3.63, 3.8) is 0 Å². The summed E-state index contributed by atoms with van der Waals surface area (Å²) in [5.41, 5.74) is -0.0549. The molecule has 0 bridgehead atoms. The van der Waals surface area contributed by atoms with Gasteiger partial charge in [-0.25, -0.2) is 4.57 Å². The number of amides is 2. The van der Waals surface area contributed by atoms with Gasteiger partial charge in [0, 0.05) is 25.1 Å². The van der Waals surface area contributed by atoms with Crippen molar-refractivity contribution in [3.8, 4) is 0 Å². The number of carbonyl (C=O) groups excluding carboxylic acids is 3. The predicted octanol–water partition coefficient (Wildman–Crippen LogP) is 0.466. The van der Waals surface area contributed by atoms with E-state index in [2.05, 4.69) is 15.2 Å². The molecule has 0 unspecified atom stereocenters. The van der Waals surface area contributed by atoms with Crippen LogP contribution in [-0.2, 0) is 28.2 Å². The normalized spacial score (nSPS) is 13.1. The summed E-state index contributed by atoms with van der Waals surface area (Å²) in [5.74, 6) is -2.36. The number of benzene rings is 1. The second-order valence-electron chi connectivity index (χ2n) is 6.57. The van der Waals surface area contributed by atoms with E-state index >= 15 is 0 Å². The van der Waals surface area contributed by atoms with E-state index in [1.54, 1.807) is 0 Å². The first kappa shape index (κ1) is 29.7. The van der Waals surface area contributed by atoms with E-state index in [0.717, 1.165) is 12.1 Å². The van der Waals surface area contributed by atoms with E-state index < -0.39 is 60.7 Å². The van der Waals surface area contributed by atoms with E-state index in [0.29, 0.717) is 0 Å². The Bertz CT molecular complexity index is 910. The largest absolute Gasteiger partial charge is 0.469 e. The van der Waals surface area contributed by atoms with Gasteiger partial charge in [-0.15, -0.1) is 0 Å². The summed E-state index contributed by atoms with van der Waals surface area (Å²) in [5, 5.41) is 25.9. The summed E-state index contributed by atoms with van der Waals surface area (Å²) < 4.78 is 19.7. The molecule has 14 nitrogen and oxygen atoms in total. The van der Waals surface area contributed by atoms with Crippen molar-refractivity contribution in [1.82, 2.24) is 10.6 Å². The minimum absolute atomic E-state index is 0.171. The van der Waals surface area contributed by atoms with Gasteiger partial charge in [-0.3, -0.25) is 29.0 Å². The SMILES string of the molecule is O=C(CCC(=O)OC[C@@H](NC(=O)C(Cl)Cl)[C@H](O)c1ccc([N+](=O)[O-])cc1)NCCOP(=O)(O)O. The fourth-order valence-corrected chi connectivity index (χ4v) is 2.85. The topological polar surface area (TPSA) is 215 Å². The van der Waals surface area contributed by atoms with Gasteiger partial charge in [0.2, 0.25) is 5.91 Å². The zero-order valence-electron chi connectivity index (χ0n) is 17.3. The summed E-state index contributed by atoms with van der Waals surface area (Å²) in [4.78, 5) is 61.2. The fraction of sp³-hybridized carbons (Fsp3) is 0.471. The lowest BCUT2D eigenvalue weighted by Crippen LogP contribution is -2.45. The third-order valence-corrected chi connectivity index (χ3v) is 4.93. The van der Waals surface area contributed by atoms with Crippen molar-refractivity contribution in [1.29, 1.82) is 0 Å². The molecule has 190 valence electrons. The average Bonchev–Trinajstić information content (AvgIpc) is 2.76. The van der Waals surface area contributed by atoms with Crippen molar-refractivity contribution < 1.29 is 48.0 Å². The quantitative estimate of drug-likeness (QED) is 0.0540. The molecule has 17 heteroatoms. The van der Waals surface area contributed by atoms with Crippen LogP contribution in [0.15, 0.2) is 24.3 Å². The molecule has 0 saturated carbocycles. The Labute approximate surface area is 202 Å². The van der Waals surface area contributed by atoms with Gasteiger partial charge in [0.25, 0.3) is 11.6 Å². The number of ether oxygens (including phenoxy) is 1.